The van der Waals surface area contributed by atoms with Crippen molar-refractivity contribution in [1.82, 2.24) is 22.8 Å². The Hall–Kier alpha value is -9.58. The van der Waals surface area contributed by atoms with E-state index >= 15 is 0 Å². The normalized spacial score (nSPS) is 12.2. The molecule has 5 aromatic heterocycles. The first-order chi connectivity index (χ1) is 35.3. The average molecular weight is 904 g/mol. The monoisotopic (exact) mass is 903 g/mol. The van der Waals surface area contributed by atoms with E-state index in [-0.39, 0.29) is 0 Å². The van der Waals surface area contributed by atoms with Gasteiger partial charge in [0.25, 0.3) is 0 Å². The Morgan fingerprint density at radius 2 is 0.493 bits per heavy atom. The Kier molecular flexibility index (Phi) is 7.82. The van der Waals surface area contributed by atoms with Gasteiger partial charge < -0.3 is 22.8 Å². The van der Waals surface area contributed by atoms with Crippen molar-refractivity contribution in [1.29, 1.82) is 0 Å². The molecule has 0 aliphatic rings. The van der Waals surface area contributed by atoms with Crippen LogP contribution in [-0.4, -0.2) is 22.8 Å². The molecule has 0 bridgehead atoms. The Balaban J connectivity index is 0.987. The van der Waals surface area contributed by atoms with Crippen LogP contribution in [0.1, 0.15) is 0 Å². The van der Waals surface area contributed by atoms with Crippen molar-refractivity contribution >= 4 is 109 Å². The molecular weight excluding hydrogens is 863 g/mol. The average Bonchev–Trinajstić information content (AvgIpc) is 4.23. The van der Waals surface area contributed by atoms with Gasteiger partial charge in [-0.25, -0.2) is 0 Å². The van der Waals surface area contributed by atoms with Gasteiger partial charge in [-0.1, -0.05) is 146 Å². The van der Waals surface area contributed by atoms with Crippen LogP contribution in [0.5, 0.6) is 0 Å². The maximum Gasteiger partial charge on any atom is 0.0641 e. The summed E-state index contributed by atoms with van der Waals surface area (Å²) >= 11 is 0. The molecule has 71 heavy (non-hydrogen) atoms. The zero-order chi connectivity index (χ0) is 46.3. The Bertz CT molecular complexity index is 4810. The van der Waals surface area contributed by atoms with Gasteiger partial charge in [0.05, 0.1) is 55.2 Å². The number of aromatic nitrogens is 5. The number of hydrogen-bond donors (Lipinski definition) is 0. The van der Waals surface area contributed by atoms with E-state index in [2.05, 4.69) is 272 Å². The maximum absolute atomic E-state index is 2.56. The number of fused-ring (bicyclic) bond motifs is 17. The van der Waals surface area contributed by atoms with Crippen LogP contribution in [0.3, 0.4) is 0 Å². The number of hydrogen-bond acceptors (Lipinski definition) is 0. The quantitative estimate of drug-likeness (QED) is 0.164. The van der Waals surface area contributed by atoms with Gasteiger partial charge >= 0.3 is 0 Å². The highest BCUT2D eigenvalue weighted by atomic mass is 15.0. The summed E-state index contributed by atoms with van der Waals surface area (Å²) in [6, 6.07) is 91.4. The summed E-state index contributed by atoms with van der Waals surface area (Å²) < 4.78 is 12.3. The molecule has 0 saturated carbocycles. The van der Waals surface area contributed by atoms with Crippen LogP contribution in [-0.2, 0) is 0 Å². The van der Waals surface area contributed by atoms with Gasteiger partial charge in [-0.3, -0.25) is 0 Å². The molecule has 0 atom stereocenters. The topological polar surface area (TPSA) is 24.6 Å². The third kappa shape index (κ3) is 5.24. The van der Waals surface area contributed by atoms with E-state index in [1.807, 2.05) is 0 Å². The van der Waals surface area contributed by atoms with Gasteiger partial charge in [-0.05, 0) is 103 Å². The molecule has 0 aliphatic heterocycles. The van der Waals surface area contributed by atoms with Gasteiger partial charge in [0.2, 0.25) is 0 Å². The predicted molar refractivity (Wildman–Crippen MR) is 298 cm³/mol. The van der Waals surface area contributed by atoms with E-state index < -0.39 is 0 Å². The van der Waals surface area contributed by atoms with Gasteiger partial charge in [0.1, 0.15) is 0 Å². The number of nitrogens with zero attached hydrogens (tertiary/aromatic N) is 5. The molecule has 330 valence electrons. The predicted octanol–water partition coefficient (Wildman–Crippen LogP) is 17.2. The van der Waals surface area contributed by atoms with Crippen molar-refractivity contribution in [2.24, 2.45) is 0 Å². The number of benzene rings is 11. The second-order valence-electron chi connectivity index (χ2n) is 18.9. The van der Waals surface area contributed by atoms with Crippen LogP contribution in [0.25, 0.3) is 137 Å². The Labute approximate surface area is 407 Å². The van der Waals surface area contributed by atoms with E-state index in [4.69, 9.17) is 0 Å². The molecule has 5 heteroatoms. The zero-order valence-corrected chi connectivity index (χ0v) is 38.4. The molecule has 5 heterocycles. The van der Waals surface area contributed by atoms with E-state index in [0.29, 0.717) is 0 Å². The molecule has 0 fully saturated rings. The molecule has 0 saturated heterocycles. The van der Waals surface area contributed by atoms with Crippen molar-refractivity contribution < 1.29 is 0 Å². The summed E-state index contributed by atoms with van der Waals surface area (Å²) in [5, 5.41) is 12.4. The highest BCUT2D eigenvalue weighted by Crippen LogP contribution is 2.47. The highest BCUT2D eigenvalue weighted by molar-refractivity contribution is 6.31. The Morgan fingerprint density at radius 3 is 0.986 bits per heavy atom. The van der Waals surface area contributed by atoms with Crippen molar-refractivity contribution in [3.8, 4) is 28.4 Å². The molecule has 0 spiro atoms. The highest BCUT2D eigenvalue weighted by Gasteiger charge is 2.25. The fourth-order valence-corrected chi connectivity index (χ4v) is 12.4. The van der Waals surface area contributed by atoms with E-state index in [1.54, 1.807) is 0 Å². The standard InChI is InChI=1S/C66H41N5/c1-3-18-42(19-4-1)67-57-31-14-9-26-49(57)54-41-46(34-37-60(54)67)70-59-33-16-11-28-53(59)64-62(70)39-36-51-50-35-38-61-63(65(50)71(66(51)64)43-20-5-2-6-21-43)52-27-10-15-32-58(52)69(61)45-23-17-22-44(40-45)68-55-29-12-7-24-47(55)48-25-8-13-30-56(48)68/h1-41H. The lowest BCUT2D eigenvalue weighted by molar-refractivity contribution is 1.13. The zero-order valence-electron chi connectivity index (χ0n) is 38.4. The van der Waals surface area contributed by atoms with Crippen molar-refractivity contribution in [2.75, 3.05) is 0 Å². The summed E-state index contributed by atoms with van der Waals surface area (Å²) in [7, 11) is 0. The molecule has 16 rings (SSSR count). The molecule has 0 amide bonds. The summed E-state index contributed by atoms with van der Waals surface area (Å²) in [6.45, 7) is 0. The first-order valence-corrected chi connectivity index (χ1v) is 24.4. The maximum atomic E-state index is 2.56. The second kappa shape index (κ2) is 14.5. The minimum absolute atomic E-state index is 1.12. The number of para-hydroxylation sites is 7. The van der Waals surface area contributed by atoms with Gasteiger partial charge in [-0.2, -0.15) is 0 Å². The van der Waals surface area contributed by atoms with Crippen LogP contribution in [0.4, 0.5) is 0 Å². The van der Waals surface area contributed by atoms with Gasteiger partial charge in [0.15, 0.2) is 0 Å². The molecule has 5 nitrogen and oxygen atoms in total. The first kappa shape index (κ1) is 38.4. The summed E-state index contributed by atoms with van der Waals surface area (Å²) in [4.78, 5) is 0. The smallest absolute Gasteiger partial charge is 0.0641 e. The van der Waals surface area contributed by atoms with Crippen LogP contribution >= 0.6 is 0 Å². The van der Waals surface area contributed by atoms with E-state index in [0.717, 1.165) is 28.4 Å². The summed E-state index contributed by atoms with van der Waals surface area (Å²) in [5.41, 5.74) is 17.6. The van der Waals surface area contributed by atoms with E-state index in [1.165, 1.54) is 109 Å². The van der Waals surface area contributed by atoms with Crippen LogP contribution in [0, 0.1) is 0 Å². The lowest BCUT2D eigenvalue weighted by Crippen LogP contribution is -1.98. The summed E-state index contributed by atoms with van der Waals surface area (Å²) in [5.74, 6) is 0. The van der Waals surface area contributed by atoms with Crippen molar-refractivity contribution in [3.63, 3.8) is 0 Å². The second-order valence-corrected chi connectivity index (χ2v) is 18.9. The third-order valence-electron chi connectivity index (χ3n) is 15.2. The molecule has 16 aromatic rings. The van der Waals surface area contributed by atoms with Gasteiger partial charge in [-0.15, -0.1) is 0 Å². The molecule has 0 aliphatic carbocycles. The van der Waals surface area contributed by atoms with Crippen LogP contribution in [0.15, 0.2) is 249 Å². The molecule has 11 aromatic carbocycles. The SMILES string of the molecule is c1ccc(-n2c3ccccc3c3cc(-n4c5ccccc5c5c4ccc4c6ccc7c(c8ccccc8n7-c7cccc(-n8c9ccccc9c9ccccc98)c7)c6n(-c6ccccc6)c45)ccc32)cc1. The molecular formula is C66H41N5. The van der Waals surface area contributed by atoms with Crippen LogP contribution in [0.2, 0.25) is 0 Å². The molecule has 0 unspecified atom stereocenters. The van der Waals surface area contributed by atoms with Crippen molar-refractivity contribution in [2.45, 2.75) is 0 Å². The summed E-state index contributed by atoms with van der Waals surface area (Å²) in [6.07, 6.45) is 0. The molecule has 0 radical (unpaired) electrons. The van der Waals surface area contributed by atoms with Crippen LogP contribution < -0.4 is 0 Å². The lowest BCUT2D eigenvalue weighted by atomic mass is 10.1. The third-order valence-corrected chi connectivity index (χ3v) is 15.2. The van der Waals surface area contributed by atoms with Gasteiger partial charge in [0, 0.05) is 82.3 Å². The van der Waals surface area contributed by atoms with Crippen molar-refractivity contribution in [3.05, 3.63) is 249 Å². The number of rotatable bonds is 5. The van der Waals surface area contributed by atoms with E-state index in [9.17, 15) is 0 Å². The Morgan fingerprint density at radius 1 is 0.169 bits per heavy atom. The minimum Gasteiger partial charge on any atom is -0.309 e. The fourth-order valence-electron chi connectivity index (χ4n) is 12.4. The minimum atomic E-state index is 1.12. The largest absolute Gasteiger partial charge is 0.309 e. The lowest BCUT2D eigenvalue weighted by Gasteiger charge is -2.13. The first-order valence-electron chi connectivity index (χ1n) is 24.4. The fraction of sp³-hybridized carbons (Fsp3) is 0. The molecule has 0 N–H and O–H groups in total.